The van der Waals surface area contributed by atoms with E-state index in [0.717, 1.165) is 5.56 Å². The number of benzene rings is 2. The molecule has 0 aromatic heterocycles. The van der Waals surface area contributed by atoms with Crippen LogP contribution in [0.25, 0.3) is 11.1 Å². The summed E-state index contributed by atoms with van der Waals surface area (Å²) in [4.78, 5) is 0. The van der Waals surface area contributed by atoms with Gasteiger partial charge in [-0.1, -0.05) is 53.6 Å². The molecule has 0 N–H and O–H groups in total. The van der Waals surface area contributed by atoms with Gasteiger partial charge >= 0.3 is 0 Å². The van der Waals surface area contributed by atoms with Crippen LogP contribution in [0.2, 0.25) is 0 Å². The Balaban J connectivity index is 2.58. The number of nitriles is 1. The zero-order chi connectivity index (χ0) is 16.1. The fraction of sp³-hybridized carbons (Fsp3) is 0.190. The highest BCUT2D eigenvalue weighted by Gasteiger charge is 2.06. The number of allylic oxidation sites excluding steroid dienone is 4. The summed E-state index contributed by atoms with van der Waals surface area (Å²) in [6.07, 6.45) is 2.20. The average Bonchev–Trinajstić information content (AvgIpc) is 2.53. The monoisotopic (exact) mass is 287 g/mol. The molecule has 22 heavy (non-hydrogen) atoms. The largest absolute Gasteiger partial charge is 0.192 e. The molecule has 110 valence electrons. The van der Waals surface area contributed by atoms with Crippen molar-refractivity contribution in [2.75, 3.05) is 0 Å². The molecule has 0 amide bonds. The van der Waals surface area contributed by atoms with Gasteiger partial charge in [0.25, 0.3) is 0 Å². The van der Waals surface area contributed by atoms with E-state index < -0.39 is 0 Å². The summed E-state index contributed by atoms with van der Waals surface area (Å²) in [5.41, 5.74) is 8.01. The quantitative estimate of drug-likeness (QED) is 0.520. The first-order valence-corrected chi connectivity index (χ1v) is 7.44. The molecule has 0 bridgehead atoms. The van der Waals surface area contributed by atoms with Gasteiger partial charge in [-0.2, -0.15) is 5.26 Å². The lowest BCUT2D eigenvalue weighted by molar-refractivity contribution is 1.39. The van der Waals surface area contributed by atoms with Crippen molar-refractivity contribution in [1.29, 1.82) is 5.26 Å². The Labute approximate surface area is 133 Å². The molecule has 1 nitrogen and oxygen atoms in total. The molecule has 0 saturated heterocycles. The Kier molecular flexibility index (Phi) is 4.96. The number of hydrogen-bond acceptors (Lipinski definition) is 1. The third-order valence-electron chi connectivity index (χ3n) is 3.65. The Hall–Kier alpha value is -2.59. The maximum atomic E-state index is 8.95. The van der Waals surface area contributed by atoms with Gasteiger partial charge < -0.3 is 0 Å². The van der Waals surface area contributed by atoms with Crippen molar-refractivity contribution in [2.24, 2.45) is 0 Å². The van der Waals surface area contributed by atoms with Crippen molar-refractivity contribution in [3.8, 4) is 6.07 Å². The predicted molar refractivity (Wildman–Crippen MR) is 94.3 cm³/mol. The van der Waals surface area contributed by atoms with Gasteiger partial charge in [0.05, 0.1) is 11.6 Å². The minimum atomic E-state index is 0.688. The van der Waals surface area contributed by atoms with Crippen LogP contribution in [0.1, 0.15) is 43.0 Å². The third-order valence-corrected chi connectivity index (χ3v) is 3.65. The molecular weight excluding hydrogens is 266 g/mol. The highest BCUT2D eigenvalue weighted by molar-refractivity contribution is 5.95. The SMILES string of the molecule is CC(C)=C/C(=C(\C)c1ccc(C)cc1)c1ccc(C#N)cc1. The molecule has 0 atom stereocenters. The lowest BCUT2D eigenvalue weighted by Crippen LogP contribution is -1.89. The van der Waals surface area contributed by atoms with E-state index in [2.05, 4.69) is 64.1 Å². The van der Waals surface area contributed by atoms with E-state index in [-0.39, 0.29) is 0 Å². The van der Waals surface area contributed by atoms with Crippen LogP contribution in [-0.4, -0.2) is 0 Å². The molecule has 0 spiro atoms. The maximum absolute atomic E-state index is 8.95. The van der Waals surface area contributed by atoms with Crippen LogP contribution in [0.5, 0.6) is 0 Å². The highest BCUT2D eigenvalue weighted by atomic mass is 14.2. The second kappa shape index (κ2) is 6.91. The molecule has 0 aliphatic heterocycles. The van der Waals surface area contributed by atoms with Crippen LogP contribution in [-0.2, 0) is 0 Å². The van der Waals surface area contributed by atoms with Gasteiger partial charge in [0, 0.05) is 0 Å². The van der Waals surface area contributed by atoms with Gasteiger partial charge in [-0.15, -0.1) is 0 Å². The predicted octanol–water partition coefficient (Wildman–Crippen LogP) is 5.76. The van der Waals surface area contributed by atoms with E-state index in [9.17, 15) is 0 Å². The molecule has 0 radical (unpaired) electrons. The molecule has 0 fully saturated rings. The standard InChI is InChI=1S/C21H21N/c1-15(2)13-21(20-11-7-18(14-22)8-12-20)17(4)19-9-5-16(3)6-10-19/h5-13H,1-4H3/b21-17-. The summed E-state index contributed by atoms with van der Waals surface area (Å²) in [7, 11) is 0. The van der Waals surface area contributed by atoms with E-state index in [4.69, 9.17) is 5.26 Å². The Morgan fingerprint density at radius 2 is 1.41 bits per heavy atom. The fourth-order valence-electron chi connectivity index (χ4n) is 2.38. The zero-order valence-electron chi connectivity index (χ0n) is 13.6. The molecule has 2 aromatic rings. The van der Waals surface area contributed by atoms with Gasteiger partial charge in [-0.05, 0) is 62.1 Å². The van der Waals surface area contributed by atoms with Gasteiger partial charge in [-0.25, -0.2) is 0 Å². The van der Waals surface area contributed by atoms with Crippen molar-refractivity contribution in [2.45, 2.75) is 27.7 Å². The zero-order valence-corrected chi connectivity index (χ0v) is 13.6. The summed E-state index contributed by atoms with van der Waals surface area (Å²) in [5, 5.41) is 8.95. The molecule has 2 aromatic carbocycles. The Bertz CT molecular complexity index is 747. The lowest BCUT2D eigenvalue weighted by Gasteiger charge is -2.11. The summed E-state index contributed by atoms with van der Waals surface area (Å²) >= 11 is 0. The Morgan fingerprint density at radius 3 is 1.91 bits per heavy atom. The van der Waals surface area contributed by atoms with Gasteiger partial charge in [0.2, 0.25) is 0 Å². The molecule has 0 unspecified atom stereocenters. The number of rotatable bonds is 3. The second-order valence-electron chi connectivity index (χ2n) is 5.82. The average molecular weight is 287 g/mol. The van der Waals surface area contributed by atoms with Crippen molar-refractivity contribution in [3.63, 3.8) is 0 Å². The van der Waals surface area contributed by atoms with Crippen LogP contribution < -0.4 is 0 Å². The van der Waals surface area contributed by atoms with Crippen LogP contribution in [0.15, 0.2) is 60.2 Å². The fourth-order valence-corrected chi connectivity index (χ4v) is 2.38. The summed E-state index contributed by atoms with van der Waals surface area (Å²) in [5.74, 6) is 0. The first-order chi connectivity index (χ1) is 10.5. The van der Waals surface area contributed by atoms with Crippen molar-refractivity contribution < 1.29 is 0 Å². The van der Waals surface area contributed by atoms with E-state index in [1.807, 2.05) is 24.3 Å². The molecule has 0 aliphatic carbocycles. The topological polar surface area (TPSA) is 23.8 Å². The first kappa shape index (κ1) is 15.8. The van der Waals surface area contributed by atoms with Crippen molar-refractivity contribution in [1.82, 2.24) is 0 Å². The third kappa shape index (κ3) is 3.74. The number of nitrogens with zero attached hydrogens (tertiary/aromatic N) is 1. The highest BCUT2D eigenvalue weighted by Crippen LogP contribution is 2.28. The molecule has 2 rings (SSSR count). The molecule has 0 aliphatic rings. The van der Waals surface area contributed by atoms with Crippen LogP contribution in [0.3, 0.4) is 0 Å². The lowest BCUT2D eigenvalue weighted by atomic mass is 9.93. The maximum Gasteiger partial charge on any atom is 0.0991 e. The van der Waals surface area contributed by atoms with Crippen molar-refractivity contribution >= 4 is 11.1 Å². The second-order valence-corrected chi connectivity index (χ2v) is 5.82. The van der Waals surface area contributed by atoms with E-state index >= 15 is 0 Å². The van der Waals surface area contributed by atoms with Gasteiger partial charge in [0.1, 0.15) is 0 Å². The van der Waals surface area contributed by atoms with Gasteiger partial charge in [-0.3, -0.25) is 0 Å². The van der Waals surface area contributed by atoms with E-state index in [1.165, 1.54) is 27.8 Å². The molecule has 0 heterocycles. The minimum Gasteiger partial charge on any atom is -0.192 e. The van der Waals surface area contributed by atoms with Crippen LogP contribution >= 0.6 is 0 Å². The van der Waals surface area contributed by atoms with Crippen LogP contribution in [0.4, 0.5) is 0 Å². The number of hydrogen-bond donors (Lipinski definition) is 0. The summed E-state index contributed by atoms with van der Waals surface area (Å²) < 4.78 is 0. The summed E-state index contributed by atoms with van der Waals surface area (Å²) in [6, 6.07) is 18.5. The smallest absolute Gasteiger partial charge is 0.0991 e. The van der Waals surface area contributed by atoms with E-state index in [1.54, 1.807) is 0 Å². The summed E-state index contributed by atoms with van der Waals surface area (Å²) in [6.45, 7) is 8.45. The molecule has 1 heteroatoms. The Morgan fingerprint density at radius 1 is 0.864 bits per heavy atom. The minimum absolute atomic E-state index is 0.688. The van der Waals surface area contributed by atoms with E-state index in [0.29, 0.717) is 5.56 Å². The number of aryl methyl sites for hydroxylation is 1. The van der Waals surface area contributed by atoms with Crippen molar-refractivity contribution in [3.05, 3.63) is 82.4 Å². The molecule has 0 saturated carbocycles. The first-order valence-electron chi connectivity index (χ1n) is 7.44. The van der Waals surface area contributed by atoms with Crippen LogP contribution in [0, 0.1) is 18.3 Å². The van der Waals surface area contributed by atoms with Gasteiger partial charge in [0.15, 0.2) is 0 Å². The normalized spacial score (nSPS) is 11.4. The molecular formula is C21H21N.